The Hall–Kier alpha value is -1.09. The fourth-order valence-corrected chi connectivity index (χ4v) is 1.95. The van der Waals surface area contributed by atoms with Crippen molar-refractivity contribution in [3.8, 4) is 0 Å². The molecule has 1 heterocycles. The molecule has 0 radical (unpaired) electrons. The van der Waals surface area contributed by atoms with Crippen molar-refractivity contribution in [2.75, 3.05) is 19.8 Å². The van der Waals surface area contributed by atoms with Gasteiger partial charge < -0.3 is 20.6 Å². The van der Waals surface area contributed by atoms with Crippen LogP contribution in [0.2, 0.25) is 0 Å². The van der Waals surface area contributed by atoms with E-state index in [2.05, 4.69) is 14.9 Å². The third-order valence-electron chi connectivity index (χ3n) is 2.54. The van der Waals surface area contributed by atoms with E-state index < -0.39 is 31.3 Å². The average Bonchev–Trinajstić information content (AvgIpc) is 2.85. The van der Waals surface area contributed by atoms with E-state index in [0.717, 1.165) is 18.0 Å². The predicted octanol–water partition coefficient (Wildman–Crippen LogP) is -1.06. The Morgan fingerprint density at radius 3 is 2.44 bits per heavy atom. The lowest BCUT2D eigenvalue weighted by Gasteiger charge is -2.28. The summed E-state index contributed by atoms with van der Waals surface area (Å²) < 4.78 is 3.71. The molecule has 0 atom stereocenters. The zero-order valence-corrected chi connectivity index (χ0v) is 10.9. The van der Waals surface area contributed by atoms with Crippen molar-refractivity contribution >= 4 is 17.4 Å². The van der Waals surface area contributed by atoms with Gasteiger partial charge >= 0.3 is 0 Å². The first-order chi connectivity index (χ1) is 8.62. The molecule has 0 saturated heterocycles. The van der Waals surface area contributed by atoms with Gasteiger partial charge in [-0.15, -0.1) is 5.10 Å². The summed E-state index contributed by atoms with van der Waals surface area (Å²) in [5.74, 6) is -0.495. The zero-order chi connectivity index (χ0) is 13.6. The third-order valence-corrected chi connectivity index (χ3v) is 3.30. The highest BCUT2D eigenvalue weighted by molar-refractivity contribution is 7.08. The molecule has 8 heteroatoms. The fraction of sp³-hybridized carbons (Fsp3) is 0.700. The lowest BCUT2D eigenvalue weighted by molar-refractivity contribution is 0.0376. The Balaban J connectivity index is 2.84. The molecule has 1 aromatic rings. The van der Waals surface area contributed by atoms with Gasteiger partial charge in [0.2, 0.25) is 0 Å². The van der Waals surface area contributed by atoms with Crippen LogP contribution in [0, 0.1) is 0 Å². The van der Waals surface area contributed by atoms with Gasteiger partial charge in [0, 0.05) is 0 Å². The second-order valence-electron chi connectivity index (χ2n) is 4.01. The quantitative estimate of drug-likeness (QED) is 0.504. The van der Waals surface area contributed by atoms with Crippen LogP contribution in [-0.4, -0.2) is 56.2 Å². The lowest BCUT2D eigenvalue weighted by atomic mass is 10.0. The van der Waals surface area contributed by atoms with Gasteiger partial charge in [-0.05, 0) is 18.0 Å². The first-order valence-electron chi connectivity index (χ1n) is 5.58. The molecule has 102 valence electrons. The minimum Gasteiger partial charge on any atom is -0.394 e. The summed E-state index contributed by atoms with van der Waals surface area (Å²) in [7, 11) is 0. The number of carbonyl (C=O) groups excluding carboxylic acids is 1. The Labute approximate surface area is 109 Å². The number of aromatic nitrogens is 2. The van der Waals surface area contributed by atoms with Gasteiger partial charge in [-0.3, -0.25) is 4.79 Å². The fourth-order valence-electron chi connectivity index (χ4n) is 1.35. The number of carbonyl (C=O) groups is 1. The van der Waals surface area contributed by atoms with Gasteiger partial charge in [0.15, 0.2) is 0 Å². The van der Waals surface area contributed by atoms with Crippen LogP contribution in [-0.2, 0) is 6.42 Å². The summed E-state index contributed by atoms with van der Waals surface area (Å²) in [5, 5.41) is 33.7. The largest absolute Gasteiger partial charge is 0.394 e. The van der Waals surface area contributed by atoms with Gasteiger partial charge in [0.1, 0.15) is 10.4 Å². The van der Waals surface area contributed by atoms with E-state index in [4.69, 9.17) is 15.3 Å². The number of hydrogen-bond donors (Lipinski definition) is 4. The normalized spacial score (nSPS) is 11.6. The highest BCUT2D eigenvalue weighted by atomic mass is 32.1. The first kappa shape index (κ1) is 15.0. The second-order valence-corrected chi connectivity index (χ2v) is 4.76. The maximum atomic E-state index is 12.0. The van der Waals surface area contributed by atoms with E-state index in [9.17, 15) is 4.79 Å². The van der Waals surface area contributed by atoms with E-state index in [1.165, 1.54) is 0 Å². The van der Waals surface area contributed by atoms with Crippen LogP contribution < -0.4 is 5.32 Å². The van der Waals surface area contributed by atoms with Crippen LogP contribution in [0.3, 0.4) is 0 Å². The Morgan fingerprint density at radius 1 is 1.33 bits per heavy atom. The number of amides is 1. The SMILES string of the molecule is CCCc1nnsc1C(=O)NC(CO)(CO)CO. The first-order valence-corrected chi connectivity index (χ1v) is 6.36. The maximum absolute atomic E-state index is 12.0. The molecule has 1 amide bonds. The zero-order valence-electron chi connectivity index (χ0n) is 10.1. The van der Waals surface area contributed by atoms with Crippen molar-refractivity contribution in [3.05, 3.63) is 10.6 Å². The summed E-state index contributed by atoms with van der Waals surface area (Å²) >= 11 is 0.952. The molecule has 0 fully saturated rings. The van der Waals surface area contributed by atoms with E-state index in [1.807, 2.05) is 6.92 Å². The van der Waals surface area contributed by atoms with Gasteiger partial charge in [-0.1, -0.05) is 17.8 Å². The van der Waals surface area contributed by atoms with Crippen LogP contribution >= 0.6 is 11.5 Å². The monoisotopic (exact) mass is 275 g/mol. The number of aliphatic hydroxyl groups is 3. The van der Waals surface area contributed by atoms with Crippen molar-refractivity contribution in [1.29, 1.82) is 0 Å². The standard InChI is InChI=1S/C10H17N3O4S/c1-2-3-7-8(18-13-12-7)9(17)11-10(4-14,5-15)6-16/h14-16H,2-6H2,1H3,(H,11,17). The minimum atomic E-state index is -1.43. The molecule has 18 heavy (non-hydrogen) atoms. The molecule has 0 unspecified atom stereocenters. The number of hydrogen-bond acceptors (Lipinski definition) is 7. The van der Waals surface area contributed by atoms with Crippen LogP contribution in [0.15, 0.2) is 0 Å². The number of rotatable bonds is 7. The van der Waals surface area contributed by atoms with Crippen LogP contribution in [0.5, 0.6) is 0 Å². The molecule has 0 aromatic carbocycles. The van der Waals surface area contributed by atoms with E-state index in [1.54, 1.807) is 0 Å². The molecule has 0 bridgehead atoms. The summed E-state index contributed by atoms with van der Waals surface area (Å²) in [4.78, 5) is 12.3. The molecular weight excluding hydrogens is 258 g/mol. The molecule has 0 saturated carbocycles. The highest BCUT2D eigenvalue weighted by Gasteiger charge is 2.31. The third kappa shape index (κ3) is 3.22. The van der Waals surface area contributed by atoms with Crippen LogP contribution in [0.25, 0.3) is 0 Å². The Morgan fingerprint density at radius 2 is 1.94 bits per heavy atom. The molecule has 4 N–H and O–H groups in total. The van der Waals surface area contributed by atoms with Crippen LogP contribution in [0.4, 0.5) is 0 Å². The minimum absolute atomic E-state index is 0.344. The number of aliphatic hydroxyl groups excluding tert-OH is 3. The molecule has 0 aliphatic rings. The van der Waals surface area contributed by atoms with Crippen LogP contribution in [0.1, 0.15) is 28.7 Å². The Bertz CT molecular complexity index is 384. The lowest BCUT2D eigenvalue weighted by Crippen LogP contribution is -2.57. The van der Waals surface area contributed by atoms with Crippen molar-refractivity contribution in [2.45, 2.75) is 25.3 Å². The number of nitrogens with zero attached hydrogens (tertiary/aromatic N) is 2. The molecule has 7 nitrogen and oxygen atoms in total. The van der Waals surface area contributed by atoms with Crippen molar-refractivity contribution in [2.24, 2.45) is 0 Å². The van der Waals surface area contributed by atoms with Crippen molar-refractivity contribution < 1.29 is 20.1 Å². The van der Waals surface area contributed by atoms with E-state index in [0.29, 0.717) is 17.0 Å². The molecule has 0 aliphatic heterocycles. The van der Waals surface area contributed by atoms with E-state index in [-0.39, 0.29) is 0 Å². The Kier molecular flexibility index (Phi) is 5.60. The predicted molar refractivity (Wildman–Crippen MR) is 65.4 cm³/mol. The van der Waals surface area contributed by atoms with Crippen molar-refractivity contribution in [1.82, 2.24) is 14.9 Å². The summed E-state index contributed by atoms with van der Waals surface area (Å²) in [6.07, 6.45) is 1.46. The summed E-state index contributed by atoms with van der Waals surface area (Å²) in [6.45, 7) is 0.295. The smallest absolute Gasteiger partial charge is 0.265 e. The van der Waals surface area contributed by atoms with Crippen molar-refractivity contribution in [3.63, 3.8) is 0 Å². The van der Waals surface area contributed by atoms with Gasteiger partial charge in [0.25, 0.3) is 5.91 Å². The molecule has 1 rings (SSSR count). The molecule has 0 spiro atoms. The average molecular weight is 275 g/mol. The maximum Gasteiger partial charge on any atom is 0.265 e. The number of nitrogens with one attached hydrogen (secondary N) is 1. The molecular formula is C10H17N3O4S. The topological polar surface area (TPSA) is 116 Å². The summed E-state index contributed by atoms with van der Waals surface area (Å²) in [5.41, 5.74) is -0.840. The van der Waals surface area contributed by atoms with Gasteiger partial charge in [0.05, 0.1) is 25.5 Å². The molecule has 1 aromatic heterocycles. The number of aryl methyl sites for hydroxylation is 1. The molecule has 0 aliphatic carbocycles. The highest BCUT2D eigenvalue weighted by Crippen LogP contribution is 2.14. The van der Waals surface area contributed by atoms with Gasteiger partial charge in [-0.2, -0.15) is 0 Å². The second kappa shape index (κ2) is 6.74. The van der Waals surface area contributed by atoms with E-state index >= 15 is 0 Å². The van der Waals surface area contributed by atoms with Gasteiger partial charge in [-0.25, -0.2) is 0 Å². The summed E-state index contributed by atoms with van der Waals surface area (Å²) in [6, 6.07) is 0.